The molecule has 1 rings (SSSR count). The third-order valence-corrected chi connectivity index (χ3v) is 2.71. The number of unbranched alkanes of at least 4 members (excludes halogenated alkanes) is 3. The predicted octanol–water partition coefficient (Wildman–Crippen LogP) is 2.32. The first-order valence-electron chi connectivity index (χ1n) is 6.28. The third-order valence-electron chi connectivity index (χ3n) is 2.71. The minimum absolute atomic E-state index is 0.487. The summed E-state index contributed by atoms with van der Waals surface area (Å²) in [5.41, 5.74) is 5.44. The zero-order valence-corrected chi connectivity index (χ0v) is 10.2. The van der Waals surface area contributed by atoms with Crippen LogP contribution in [0.2, 0.25) is 0 Å². The molecule has 0 aliphatic heterocycles. The number of furan rings is 1. The van der Waals surface area contributed by atoms with Gasteiger partial charge in [-0.05, 0) is 45.0 Å². The van der Waals surface area contributed by atoms with E-state index >= 15 is 0 Å². The molecule has 0 spiro atoms. The minimum atomic E-state index is 0.487. The van der Waals surface area contributed by atoms with Crippen molar-refractivity contribution in [2.75, 3.05) is 13.1 Å². The monoisotopic (exact) mass is 224 g/mol. The van der Waals surface area contributed by atoms with Crippen LogP contribution in [0.25, 0.3) is 0 Å². The lowest BCUT2D eigenvalue weighted by atomic mass is 10.1. The lowest BCUT2D eigenvalue weighted by Gasteiger charge is -2.12. The molecule has 3 nitrogen and oxygen atoms in total. The average Bonchev–Trinajstić information content (AvgIpc) is 2.76. The first-order valence-corrected chi connectivity index (χ1v) is 6.28. The summed E-state index contributed by atoms with van der Waals surface area (Å²) in [6.45, 7) is 4.11. The van der Waals surface area contributed by atoms with Crippen LogP contribution in [-0.4, -0.2) is 19.1 Å². The fourth-order valence-electron chi connectivity index (χ4n) is 1.77. The highest BCUT2D eigenvalue weighted by atomic mass is 16.3. The van der Waals surface area contributed by atoms with Gasteiger partial charge in [0.15, 0.2) is 0 Å². The van der Waals surface area contributed by atoms with E-state index in [0.717, 1.165) is 31.7 Å². The summed E-state index contributed by atoms with van der Waals surface area (Å²) in [5, 5.41) is 3.51. The molecule has 1 heterocycles. The van der Waals surface area contributed by atoms with Crippen LogP contribution >= 0.6 is 0 Å². The van der Waals surface area contributed by atoms with Crippen molar-refractivity contribution in [3.63, 3.8) is 0 Å². The van der Waals surface area contributed by atoms with Crippen LogP contribution < -0.4 is 11.1 Å². The summed E-state index contributed by atoms with van der Waals surface area (Å²) in [4.78, 5) is 0. The van der Waals surface area contributed by atoms with Crippen molar-refractivity contribution in [2.24, 2.45) is 5.73 Å². The molecule has 1 atom stereocenters. The van der Waals surface area contributed by atoms with E-state index in [2.05, 4.69) is 12.2 Å². The van der Waals surface area contributed by atoms with Gasteiger partial charge in [0.25, 0.3) is 0 Å². The van der Waals surface area contributed by atoms with Crippen LogP contribution in [0.5, 0.6) is 0 Å². The Bertz CT molecular complexity index is 246. The second-order valence-corrected chi connectivity index (χ2v) is 4.34. The molecule has 0 aromatic carbocycles. The molecule has 0 aliphatic rings. The van der Waals surface area contributed by atoms with Crippen LogP contribution in [0.4, 0.5) is 0 Å². The van der Waals surface area contributed by atoms with Crippen LogP contribution in [0.15, 0.2) is 22.8 Å². The van der Waals surface area contributed by atoms with E-state index in [1.807, 2.05) is 12.1 Å². The van der Waals surface area contributed by atoms with E-state index in [1.165, 1.54) is 19.3 Å². The van der Waals surface area contributed by atoms with Crippen molar-refractivity contribution < 1.29 is 4.42 Å². The molecule has 0 amide bonds. The lowest BCUT2D eigenvalue weighted by molar-refractivity contribution is 0.451. The summed E-state index contributed by atoms with van der Waals surface area (Å²) in [6, 6.07) is 4.45. The van der Waals surface area contributed by atoms with Gasteiger partial charge in [-0.1, -0.05) is 12.8 Å². The quantitative estimate of drug-likeness (QED) is 0.633. The second kappa shape index (κ2) is 8.36. The molecule has 1 aromatic rings. The first kappa shape index (κ1) is 13.3. The number of rotatable bonds is 9. The molecule has 0 fully saturated rings. The molecular weight excluding hydrogens is 200 g/mol. The largest absolute Gasteiger partial charge is 0.469 e. The van der Waals surface area contributed by atoms with Crippen molar-refractivity contribution >= 4 is 0 Å². The molecule has 0 saturated heterocycles. The van der Waals surface area contributed by atoms with Crippen LogP contribution in [0.1, 0.15) is 38.4 Å². The SMILES string of the molecule is CC(Cc1ccco1)NCCCCCCN. The molecule has 3 N–H and O–H groups in total. The van der Waals surface area contributed by atoms with Gasteiger partial charge in [0, 0.05) is 12.5 Å². The van der Waals surface area contributed by atoms with Crippen LogP contribution in [-0.2, 0) is 6.42 Å². The smallest absolute Gasteiger partial charge is 0.105 e. The van der Waals surface area contributed by atoms with Gasteiger partial charge in [-0.15, -0.1) is 0 Å². The number of nitrogens with two attached hydrogens (primary N) is 1. The Morgan fingerprint density at radius 2 is 2.12 bits per heavy atom. The molecule has 0 saturated carbocycles. The van der Waals surface area contributed by atoms with Gasteiger partial charge >= 0.3 is 0 Å². The zero-order chi connectivity index (χ0) is 11.6. The standard InChI is InChI=1S/C13H24N2O/c1-12(11-13-7-6-10-16-13)15-9-5-3-2-4-8-14/h6-7,10,12,15H,2-5,8-9,11,14H2,1H3. The summed E-state index contributed by atoms with van der Waals surface area (Å²) < 4.78 is 5.31. The molecule has 1 unspecified atom stereocenters. The first-order chi connectivity index (χ1) is 7.83. The van der Waals surface area contributed by atoms with Gasteiger partial charge in [0.1, 0.15) is 5.76 Å². The molecule has 92 valence electrons. The Kier molecular flexibility index (Phi) is 6.93. The molecule has 1 aromatic heterocycles. The minimum Gasteiger partial charge on any atom is -0.469 e. The van der Waals surface area contributed by atoms with E-state index < -0.39 is 0 Å². The Morgan fingerprint density at radius 1 is 1.31 bits per heavy atom. The molecule has 16 heavy (non-hydrogen) atoms. The summed E-state index contributed by atoms with van der Waals surface area (Å²) >= 11 is 0. The van der Waals surface area contributed by atoms with Crippen molar-refractivity contribution in [1.29, 1.82) is 0 Å². The third kappa shape index (κ3) is 5.93. The summed E-state index contributed by atoms with van der Waals surface area (Å²) in [6.07, 6.45) is 7.62. The van der Waals surface area contributed by atoms with Gasteiger partial charge in [0.05, 0.1) is 6.26 Å². The van der Waals surface area contributed by atoms with Crippen molar-refractivity contribution in [2.45, 2.75) is 45.1 Å². The molecule has 0 bridgehead atoms. The molecular formula is C13H24N2O. The van der Waals surface area contributed by atoms with Crippen molar-refractivity contribution in [1.82, 2.24) is 5.32 Å². The topological polar surface area (TPSA) is 51.2 Å². The fourth-order valence-corrected chi connectivity index (χ4v) is 1.77. The van der Waals surface area contributed by atoms with Crippen LogP contribution in [0, 0.1) is 0 Å². The fraction of sp³-hybridized carbons (Fsp3) is 0.692. The predicted molar refractivity (Wildman–Crippen MR) is 67.4 cm³/mol. The van der Waals surface area contributed by atoms with Gasteiger partial charge < -0.3 is 15.5 Å². The van der Waals surface area contributed by atoms with Crippen molar-refractivity contribution in [3.05, 3.63) is 24.2 Å². The Balaban J connectivity index is 1.96. The average molecular weight is 224 g/mol. The van der Waals surface area contributed by atoms with E-state index in [-0.39, 0.29) is 0 Å². The maximum atomic E-state index is 5.44. The Labute approximate surface area is 98.4 Å². The van der Waals surface area contributed by atoms with E-state index in [4.69, 9.17) is 10.2 Å². The second-order valence-electron chi connectivity index (χ2n) is 4.34. The summed E-state index contributed by atoms with van der Waals surface area (Å²) in [5.74, 6) is 1.06. The molecule has 3 heteroatoms. The highest BCUT2D eigenvalue weighted by Gasteiger charge is 2.03. The molecule has 0 radical (unpaired) electrons. The van der Waals surface area contributed by atoms with Crippen LogP contribution in [0.3, 0.4) is 0 Å². The normalized spacial score (nSPS) is 12.9. The highest BCUT2D eigenvalue weighted by Crippen LogP contribution is 2.04. The van der Waals surface area contributed by atoms with Gasteiger partial charge in [-0.2, -0.15) is 0 Å². The van der Waals surface area contributed by atoms with Gasteiger partial charge in [-0.3, -0.25) is 0 Å². The number of hydrogen-bond acceptors (Lipinski definition) is 3. The van der Waals surface area contributed by atoms with E-state index in [1.54, 1.807) is 6.26 Å². The number of nitrogens with one attached hydrogen (secondary N) is 1. The lowest BCUT2D eigenvalue weighted by Crippen LogP contribution is -2.28. The van der Waals surface area contributed by atoms with Crippen molar-refractivity contribution in [3.8, 4) is 0 Å². The van der Waals surface area contributed by atoms with Gasteiger partial charge in [0.2, 0.25) is 0 Å². The summed E-state index contributed by atoms with van der Waals surface area (Å²) in [7, 11) is 0. The zero-order valence-electron chi connectivity index (χ0n) is 10.2. The van der Waals surface area contributed by atoms with E-state index in [0.29, 0.717) is 6.04 Å². The maximum absolute atomic E-state index is 5.44. The Hall–Kier alpha value is -0.800. The Morgan fingerprint density at radius 3 is 2.81 bits per heavy atom. The number of hydrogen-bond donors (Lipinski definition) is 2. The highest BCUT2D eigenvalue weighted by molar-refractivity contribution is 4.99. The maximum Gasteiger partial charge on any atom is 0.105 e. The molecule has 0 aliphatic carbocycles. The van der Waals surface area contributed by atoms with Gasteiger partial charge in [-0.25, -0.2) is 0 Å². The van der Waals surface area contributed by atoms with E-state index in [9.17, 15) is 0 Å².